The smallest absolute Gasteiger partial charge is 0.326 e. The van der Waals surface area contributed by atoms with E-state index in [9.17, 15) is 19.5 Å². The van der Waals surface area contributed by atoms with Crippen molar-refractivity contribution in [3.8, 4) is 0 Å². The predicted molar refractivity (Wildman–Crippen MR) is 96.3 cm³/mol. The van der Waals surface area contributed by atoms with E-state index in [0.29, 0.717) is 19.5 Å². The van der Waals surface area contributed by atoms with Gasteiger partial charge in [-0.25, -0.2) is 4.79 Å². The highest BCUT2D eigenvalue weighted by Crippen LogP contribution is 2.28. The van der Waals surface area contributed by atoms with Crippen molar-refractivity contribution in [3.63, 3.8) is 0 Å². The van der Waals surface area contributed by atoms with E-state index >= 15 is 0 Å². The molecule has 0 radical (unpaired) electrons. The van der Waals surface area contributed by atoms with E-state index < -0.39 is 29.9 Å². The van der Waals surface area contributed by atoms with Crippen molar-refractivity contribution in [2.45, 2.75) is 31.3 Å². The summed E-state index contributed by atoms with van der Waals surface area (Å²) in [7, 11) is 0. The first-order valence-corrected chi connectivity index (χ1v) is 8.76. The number of rotatable bonds is 9. The fourth-order valence-corrected chi connectivity index (χ4v) is 3.35. The van der Waals surface area contributed by atoms with Crippen LogP contribution in [0.5, 0.6) is 0 Å². The highest BCUT2D eigenvalue weighted by atomic mass is 16.4. The molecule has 1 heterocycles. The van der Waals surface area contributed by atoms with Gasteiger partial charge < -0.3 is 27.2 Å². The van der Waals surface area contributed by atoms with Crippen molar-refractivity contribution in [2.24, 2.45) is 17.4 Å². The monoisotopic (exact) mass is 362 g/mol. The summed E-state index contributed by atoms with van der Waals surface area (Å²) in [5.41, 5.74) is 12.8. The standard InChI is InChI=1S/C18H26N4O4/c19-8-3-6-13(16(18(25)26)22-14(23)10-20)17(24)15-12-5-2-1-4-11(12)7-9-21-15/h1-2,4-5,13,15-16,21H,3,6-10,19-20H2,(H,22,23)(H,25,26)/t13-,15?,16-/m0/s1. The number of hydrogen-bond acceptors (Lipinski definition) is 6. The fraction of sp³-hybridized carbons (Fsp3) is 0.500. The lowest BCUT2D eigenvalue weighted by Gasteiger charge is -2.31. The van der Waals surface area contributed by atoms with Gasteiger partial charge in [0.15, 0.2) is 5.78 Å². The van der Waals surface area contributed by atoms with Crippen molar-refractivity contribution < 1.29 is 19.5 Å². The Balaban J connectivity index is 2.31. The number of hydrogen-bond donors (Lipinski definition) is 5. The quantitative estimate of drug-likeness (QED) is 0.391. The predicted octanol–water partition coefficient (Wildman–Crippen LogP) is -0.674. The molecule has 1 aromatic rings. The summed E-state index contributed by atoms with van der Waals surface area (Å²) >= 11 is 0. The van der Waals surface area contributed by atoms with Crippen molar-refractivity contribution in [1.29, 1.82) is 0 Å². The van der Waals surface area contributed by atoms with Crippen molar-refractivity contribution in [3.05, 3.63) is 35.4 Å². The molecule has 0 fully saturated rings. The Kier molecular flexibility index (Phi) is 7.26. The normalized spacial score (nSPS) is 18.5. The number of carbonyl (C=O) groups is 3. The molecule has 7 N–H and O–H groups in total. The van der Waals surface area contributed by atoms with E-state index in [4.69, 9.17) is 11.5 Å². The molecule has 1 aliphatic heterocycles. The van der Waals surface area contributed by atoms with Gasteiger partial charge in [-0.3, -0.25) is 9.59 Å². The number of Topliss-reactive ketones (excluding diaryl/α,β-unsaturated/α-hetero) is 1. The van der Waals surface area contributed by atoms with Crippen LogP contribution in [0.4, 0.5) is 0 Å². The summed E-state index contributed by atoms with van der Waals surface area (Å²) in [5.74, 6) is -3.02. The topological polar surface area (TPSA) is 148 Å². The van der Waals surface area contributed by atoms with Gasteiger partial charge in [-0.2, -0.15) is 0 Å². The van der Waals surface area contributed by atoms with Gasteiger partial charge in [-0.1, -0.05) is 24.3 Å². The average Bonchev–Trinajstić information content (AvgIpc) is 2.66. The summed E-state index contributed by atoms with van der Waals surface area (Å²) in [4.78, 5) is 36.6. The largest absolute Gasteiger partial charge is 0.480 e. The fourth-order valence-electron chi connectivity index (χ4n) is 3.35. The van der Waals surface area contributed by atoms with Gasteiger partial charge in [0.2, 0.25) is 5.91 Å². The zero-order chi connectivity index (χ0) is 19.1. The zero-order valence-corrected chi connectivity index (χ0v) is 14.6. The third kappa shape index (κ3) is 4.66. The number of nitrogens with two attached hydrogens (primary N) is 2. The molecule has 1 unspecified atom stereocenters. The molecule has 0 bridgehead atoms. The van der Waals surface area contributed by atoms with Crippen molar-refractivity contribution >= 4 is 17.7 Å². The molecule has 8 heteroatoms. The molecule has 0 saturated carbocycles. The van der Waals surface area contributed by atoms with E-state index in [2.05, 4.69) is 10.6 Å². The third-order valence-electron chi connectivity index (χ3n) is 4.65. The van der Waals surface area contributed by atoms with Crippen LogP contribution in [0, 0.1) is 5.92 Å². The first-order chi connectivity index (χ1) is 12.5. The summed E-state index contributed by atoms with van der Waals surface area (Å²) in [6.07, 6.45) is 1.56. The van der Waals surface area contributed by atoms with Gasteiger partial charge in [0.25, 0.3) is 0 Å². The van der Waals surface area contributed by atoms with Gasteiger partial charge in [-0.15, -0.1) is 0 Å². The number of carboxylic acids is 1. The number of benzene rings is 1. The minimum Gasteiger partial charge on any atom is -0.480 e. The lowest BCUT2D eigenvalue weighted by Crippen LogP contribution is -2.52. The van der Waals surface area contributed by atoms with Crippen LogP contribution in [0.1, 0.15) is 30.0 Å². The van der Waals surface area contributed by atoms with Crippen LogP contribution >= 0.6 is 0 Å². The first kappa shape index (κ1) is 20.0. The van der Waals surface area contributed by atoms with Crippen molar-refractivity contribution in [1.82, 2.24) is 10.6 Å². The molecule has 1 amide bonds. The Bertz CT molecular complexity index is 664. The van der Waals surface area contributed by atoms with Crippen LogP contribution in [-0.4, -0.2) is 48.4 Å². The Morgan fingerprint density at radius 1 is 1.27 bits per heavy atom. The number of aliphatic carboxylic acids is 1. The highest BCUT2D eigenvalue weighted by molar-refractivity contribution is 5.94. The van der Waals surface area contributed by atoms with Crippen LogP contribution in [-0.2, 0) is 20.8 Å². The van der Waals surface area contributed by atoms with E-state index in [0.717, 1.165) is 17.5 Å². The maximum absolute atomic E-state index is 13.2. The van der Waals surface area contributed by atoms with Crippen LogP contribution in [0.3, 0.4) is 0 Å². The molecule has 142 valence electrons. The molecule has 1 aromatic carbocycles. The number of ketones is 1. The van der Waals surface area contributed by atoms with E-state index in [1.165, 1.54) is 0 Å². The van der Waals surface area contributed by atoms with Gasteiger partial charge in [0.05, 0.1) is 18.5 Å². The number of fused-ring (bicyclic) bond motifs is 1. The summed E-state index contributed by atoms with van der Waals surface area (Å²) in [5, 5.41) is 15.1. The maximum atomic E-state index is 13.2. The number of carboxylic acid groups (broad SMARTS) is 1. The summed E-state index contributed by atoms with van der Waals surface area (Å²) in [6.45, 7) is 0.617. The third-order valence-corrected chi connectivity index (χ3v) is 4.65. The SMILES string of the molecule is NCCC[C@H](C(=O)C1NCCc2ccccc21)[C@H](NC(=O)CN)C(=O)O. The van der Waals surface area contributed by atoms with Crippen LogP contribution in [0.2, 0.25) is 0 Å². The Hall–Kier alpha value is -2.29. The lowest BCUT2D eigenvalue weighted by atomic mass is 9.82. The zero-order valence-electron chi connectivity index (χ0n) is 14.6. The molecule has 0 saturated heterocycles. The van der Waals surface area contributed by atoms with Crippen LogP contribution in [0.15, 0.2) is 24.3 Å². The second-order valence-corrected chi connectivity index (χ2v) is 6.36. The molecule has 0 spiro atoms. The second kappa shape index (κ2) is 9.42. The number of carbonyl (C=O) groups excluding carboxylic acids is 2. The lowest BCUT2D eigenvalue weighted by molar-refractivity contribution is -0.146. The molecule has 1 aliphatic rings. The van der Waals surface area contributed by atoms with Crippen molar-refractivity contribution in [2.75, 3.05) is 19.6 Å². The molecule has 3 atom stereocenters. The molecule has 0 aromatic heterocycles. The maximum Gasteiger partial charge on any atom is 0.326 e. The second-order valence-electron chi connectivity index (χ2n) is 6.36. The van der Waals surface area contributed by atoms with Gasteiger partial charge in [0, 0.05) is 6.54 Å². The molecule has 2 rings (SSSR count). The Morgan fingerprint density at radius 3 is 2.65 bits per heavy atom. The van der Waals surface area contributed by atoms with Crippen LogP contribution in [0.25, 0.3) is 0 Å². The molecule has 8 nitrogen and oxygen atoms in total. The Labute approximate surface area is 152 Å². The van der Waals surface area contributed by atoms with Gasteiger partial charge in [-0.05, 0) is 36.9 Å². The first-order valence-electron chi connectivity index (χ1n) is 8.76. The molecule has 0 aliphatic carbocycles. The van der Waals surface area contributed by atoms with Gasteiger partial charge in [0.1, 0.15) is 6.04 Å². The van der Waals surface area contributed by atoms with Gasteiger partial charge >= 0.3 is 5.97 Å². The summed E-state index contributed by atoms with van der Waals surface area (Å²) < 4.78 is 0. The van der Waals surface area contributed by atoms with E-state index in [1.807, 2.05) is 24.3 Å². The number of nitrogens with one attached hydrogen (secondary N) is 2. The van der Waals surface area contributed by atoms with E-state index in [1.54, 1.807) is 0 Å². The molecular formula is C18H26N4O4. The minimum absolute atomic E-state index is 0.254. The molecular weight excluding hydrogens is 336 g/mol. The molecule has 26 heavy (non-hydrogen) atoms. The Morgan fingerprint density at radius 2 is 2.00 bits per heavy atom. The average molecular weight is 362 g/mol. The highest BCUT2D eigenvalue weighted by Gasteiger charge is 2.39. The minimum atomic E-state index is -1.33. The number of amides is 1. The van der Waals surface area contributed by atoms with Crippen LogP contribution < -0.4 is 22.1 Å². The van der Waals surface area contributed by atoms with E-state index in [-0.39, 0.29) is 18.7 Å². The summed E-state index contributed by atoms with van der Waals surface area (Å²) in [6, 6.07) is 5.68.